The van der Waals surface area contributed by atoms with Crippen LogP contribution in [0.3, 0.4) is 0 Å². The lowest BCUT2D eigenvalue weighted by molar-refractivity contribution is -0.208. The first-order chi connectivity index (χ1) is 10.4. The zero-order valence-corrected chi connectivity index (χ0v) is 14.6. The summed E-state index contributed by atoms with van der Waals surface area (Å²) in [6, 6.07) is 0. The number of fused-ring (bicyclic) bond motifs is 2. The number of aliphatic hydroxyl groups is 2. The summed E-state index contributed by atoms with van der Waals surface area (Å²) >= 11 is 0. The molecule has 0 unspecified atom stereocenters. The van der Waals surface area contributed by atoms with E-state index in [2.05, 4.69) is 20.8 Å². The molecule has 4 fully saturated rings. The Bertz CT molecular complexity index is 463. The molecule has 4 rings (SSSR count). The molecular formula is C20H34O2. The van der Waals surface area contributed by atoms with Gasteiger partial charge in [-0.3, -0.25) is 0 Å². The van der Waals surface area contributed by atoms with E-state index in [4.69, 9.17) is 0 Å². The van der Waals surface area contributed by atoms with E-state index in [1.165, 1.54) is 44.9 Å². The monoisotopic (exact) mass is 306 g/mol. The standard InChI is InChI=1S/C20H34O2/c1-13-6-9-20-11-14(13)10-15(20)4-5-16-18(2,12-21)17(22)7-8-19(16,20)3/h13-17,21-22H,4-12H2,1-3H3/t13-,14-,15+,16+,17-,18+,19+,20+/m1/s1. The van der Waals surface area contributed by atoms with E-state index < -0.39 is 0 Å². The van der Waals surface area contributed by atoms with Crippen LogP contribution in [0.25, 0.3) is 0 Å². The molecule has 0 aromatic heterocycles. The maximum Gasteiger partial charge on any atom is 0.0618 e. The van der Waals surface area contributed by atoms with Crippen molar-refractivity contribution in [2.24, 2.45) is 39.9 Å². The molecule has 2 bridgehead atoms. The summed E-state index contributed by atoms with van der Waals surface area (Å²) in [5, 5.41) is 20.7. The minimum absolute atomic E-state index is 0.148. The third-order valence-corrected chi connectivity index (χ3v) is 9.39. The zero-order valence-electron chi connectivity index (χ0n) is 14.6. The summed E-state index contributed by atoms with van der Waals surface area (Å²) in [7, 11) is 0. The second kappa shape index (κ2) is 4.72. The van der Waals surface area contributed by atoms with Gasteiger partial charge < -0.3 is 10.2 Å². The van der Waals surface area contributed by atoms with Gasteiger partial charge in [-0.2, -0.15) is 0 Å². The molecule has 1 spiro atoms. The number of rotatable bonds is 1. The van der Waals surface area contributed by atoms with Crippen LogP contribution in [0.5, 0.6) is 0 Å². The molecule has 2 nitrogen and oxygen atoms in total. The Balaban J connectivity index is 1.76. The summed E-state index contributed by atoms with van der Waals surface area (Å²) in [6.07, 6.45) is 10.0. The quantitative estimate of drug-likeness (QED) is 0.769. The van der Waals surface area contributed by atoms with E-state index >= 15 is 0 Å². The fourth-order valence-electron chi connectivity index (χ4n) is 7.88. The highest BCUT2D eigenvalue weighted by Gasteiger charge is 2.68. The molecule has 8 atom stereocenters. The first-order valence-corrected chi connectivity index (χ1v) is 9.66. The van der Waals surface area contributed by atoms with E-state index in [-0.39, 0.29) is 18.1 Å². The first-order valence-electron chi connectivity index (χ1n) is 9.66. The Hall–Kier alpha value is -0.0800. The highest BCUT2D eigenvalue weighted by molar-refractivity contribution is 5.17. The van der Waals surface area contributed by atoms with Gasteiger partial charge in [0, 0.05) is 5.41 Å². The van der Waals surface area contributed by atoms with Crippen LogP contribution in [-0.2, 0) is 0 Å². The molecule has 0 aliphatic heterocycles. The predicted octanol–water partition coefficient (Wildman–Crippen LogP) is 4.00. The smallest absolute Gasteiger partial charge is 0.0618 e. The van der Waals surface area contributed by atoms with Crippen LogP contribution in [-0.4, -0.2) is 22.9 Å². The lowest BCUT2D eigenvalue weighted by Gasteiger charge is -2.66. The molecule has 0 aromatic rings. The molecule has 4 aliphatic carbocycles. The molecule has 126 valence electrons. The molecule has 2 N–H and O–H groups in total. The van der Waals surface area contributed by atoms with E-state index in [1.807, 2.05) is 0 Å². The van der Waals surface area contributed by atoms with Gasteiger partial charge in [-0.15, -0.1) is 0 Å². The fraction of sp³-hybridized carbons (Fsp3) is 1.00. The van der Waals surface area contributed by atoms with Gasteiger partial charge in [0.2, 0.25) is 0 Å². The molecule has 22 heavy (non-hydrogen) atoms. The largest absolute Gasteiger partial charge is 0.396 e. The zero-order chi connectivity index (χ0) is 15.8. The van der Waals surface area contributed by atoms with Crippen molar-refractivity contribution in [1.82, 2.24) is 0 Å². The van der Waals surface area contributed by atoms with Crippen LogP contribution >= 0.6 is 0 Å². The van der Waals surface area contributed by atoms with Crippen LogP contribution in [0.4, 0.5) is 0 Å². The van der Waals surface area contributed by atoms with Gasteiger partial charge in [-0.05, 0) is 85.9 Å². The highest BCUT2D eigenvalue weighted by Crippen LogP contribution is 2.74. The lowest BCUT2D eigenvalue weighted by Crippen LogP contribution is -2.62. The first kappa shape index (κ1) is 15.4. The van der Waals surface area contributed by atoms with Gasteiger partial charge in [-0.25, -0.2) is 0 Å². The van der Waals surface area contributed by atoms with Crippen LogP contribution in [0.15, 0.2) is 0 Å². The van der Waals surface area contributed by atoms with Gasteiger partial charge >= 0.3 is 0 Å². The van der Waals surface area contributed by atoms with Crippen molar-refractivity contribution in [1.29, 1.82) is 0 Å². The van der Waals surface area contributed by atoms with Crippen molar-refractivity contribution in [3.05, 3.63) is 0 Å². The summed E-state index contributed by atoms with van der Waals surface area (Å²) in [5.74, 6) is 3.28. The average molecular weight is 306 g/mol. The van der Waals surface area contributed by atoms with Crippen LogP contribution in [0, 0.1) is 39.9 Å². The SMILES string of the molecule is C[C@@H]1CC[C@]23C[C@H]1C[C@@H]2CC[C@H]1[C@](C)(CO)[C@H](O)CC[C@@]13C. The lowest BCUT2D eigenvalue weighted by atomic mass is 9.39. The summed E-state index contributed by atoms with van der Waals surface area (Å²) in [4.78, 5) is 0. The fourth-order valence-corrected chi connectivity index (χ4v) is 7.88. The highest BCUT2D eigenvalue weighted by atomic mass is 16.3. The van der Waals surface area contributed by atoms with Crippen molar-refractivity contribution in [2.45, 2.75) is 78.2 Å². The third kappa shape index (κ3) is 1.64. The molecule has 0 aromatic carbocycles. The van der Waals surface area contributed by atoms with Crippen molar-refractivity contribution in [3.8, 4) is 0 Å². The number of hydrogen-bond acceptors (Lipinski definition) is 2. The topological polar surface area (TPSA) is 40.5 Å². The van der Waals surface area contributed by atoms with E-state index in [0.717, 1.165) is 24.2 Å². The van der Waals surface area contributed by atoms with Crippen LogP contribution < -0.4 is 0 Å². The molecule has 0 saturated heterocycles. The summed E-state index contributed by atoms with van der Waals surface area (Å²) in [5.41, 5.74) is 0.569. The van der Waals surface area contributed by atoms with Gasteiger partial charge in [0.05, 0.1) is 12.7 Å². The maximum absolute atomic E-state index is 10.6. The Kier molecular flexibility index (Phi) is 3.32. The molecule has 4 saturated carbocycles. The molecule has 0 radical (unpaired) electrons. The van der Waals surface area contributed by atoms with Gasteiger partial charge in [-0.1, -0.05) is 20.8 Å². The normalized spacial score (nSPS) is 60.7. The van der Waals surface area contributed by atoms with E-state index in [9.17, 15) is 10.2 Å². The Morgan fingerprint density at radius 2 is 1.82 bits per heavy atom. The Morgan fingerprint density at radius 3 is 2.55 bits per heavy atom. The van der Waals surface area contributed by atoms with Gasteiger partial charge in [0.25, 0.3) is 0 Å². The van der Waals surface area contributed by atoms with Gasteiger partial charge in [0.15, 0.2) is 0 Å². The van der Waals surface area contributed by atoms with Crippen molar-refractivity contribution in [2.75, 3.05) is 6.61 Å². The van der Waals surface area contributed by atoms with Crippen LogP contribution in [0.2, 0.25) is 0 Å². The van der Waals surface area contributed by atoms with E-state index in [1.54, 1.807) is 0 Å². The van der Waals surface area contributed by atoms with Crippen molar-refractivity contribution in [3.63, 3.8) is 0 Å². The molecule has 2 heteroatoms. The second-order valence-electron chi connectivity index (χ2n) is 9.83. The number of aliphatic hydroxyl groups excluding tert-OH is 2. The third-order valence-electron chi connectivity index (χ3n) is 9.39. The predicted molar refractivity (Wildman–Crippen MR) is 88.3 cm³/mol. The maximum atomic E-state index is 10.6. The minimum atomic E-state index is -0.316. The molecule has 0 amide bonds. The minimum Gasteiger partial charge on any atom is -0.396 e. The molecular weight excluding hydrogens is 272 g/mol. The van der Waals surface area contributed by atoms with E-state index in [0.29, 0.717) is 16.7 Å². The Labute approximate surface area is 135 Å². The van der Waals surface area contributed by atoms with Crippen LogP contribution in [0.1, 0.15) is 72.1 Å². The summed E-state index contributed by atoms with van der Waals surface area (Å²) in [6.45, 7) is 7.32. The number of hydrogen-bond donors (Lipinski definition) is 2. The molecule has 0 heterocycles. The Morgan fingerprint density at radius 1 is 1.05 bits per heavy atom. The van der Waals surface area contributed by atoms with Crippen molar-refractivity contribution < 1.29 is 10.2 Å². The van der Waals surface area contributed by atoms with Gasteiger partial charge in [0.1, 0.15) is 0 Å². The molecule has 4 aliphatic rings. The second-order valence-corrected chi connectivity index (χ2v) is 9.83. The van der Waals surface area contributed by atoms with Crippen molar-refractivity contribution >= 4 is 0 Å². The summed E-state index contributed by atoms with van der Waals surface area (Å²) < 4.78 is 0. The average Bonchev–Trinajstić information content (AvgIpc) is 2.84.